The van der Waals surface area contributed by atoms with Crippen molar-refractivity contribution in [2.45, 2.75) is 57.6 Å². The lowest BCUT2D eigenvalue weighted by Gasteiger charge is -2.27. The van der Waals surface area contributed by atoms with E-state index >= 15 is 0 Å². The minimum Gasteiger partial charge on any atom is -0.384 e. The van der Waals surface area contributed by atoms with Crippen LogP contribution in [0.4, 0.5) is 0 Å². The number of nitrogens with zero attached hydrogens (tertiary/aromatic N) is 1. The van der Waals surface area contributed by atoms with Gasteiger partial charge in [-0.05, 0) is 32.3 Å². The van der Waals surface area contributed by atoms with E-state index in [9.17, 15) is 9.90 Å². The number of hydrogen-bond donors (Lipinski definition) is 2. The van der Waals surface area contributed by atoms with Crippen LogP contribution in [0.2, 0.25) is 0 Å². The molecule has 1 saturated heterocycles. The van der Waals surface area contributed by atoms with Crippen LogP contribution in [0.15, 0.2) is 30.3 Å². The molecule has 2 N–H and O–H groups in total. The van der Waals surface area contributed by atoms with Crippen molar-refractivity contribution in [2.75, 3.05) is 19.6 Å². The molecule has 0 aromatic heterocycles. The van der Waals surface area contributed by atoms with Gasteiger partial charge >= 0.3 is 0 Å². The highest BCUT2D eigenvalue weighted by Gasteiger charge is 2.24. The van der Waals surface area contributed by atoms with Gasteiger partial charge in [-0.3, -0.25) is 4.79 Å². The van der Waals surface area contributed by atoms with E-state index in [1.54, 1.807) is 6.92 Å². The molecular weight excluding hydrogens is 288 g/mol. The van der Waals surface area contributed by atoms with E-state index in [0.29, 0.717) is 13.0 Å². The van der Waals surface area contributed by atoms with Gasteiger partial charge in [-0.15, -0.1) is 0 Å². The number of aliphatic hydroxyl groups is 1. The van der Waals surface area contributed by atoms with Crippen molar-refractivity contribution in [1.29, 1.82) is 0 Å². The highest BCUT2D eigenvalue weighted by atomic mass is 16.3. The van der Waals surface area contributed by atoms with Crippen LogP contribution in [-0.4, -0.2) is 41.6 Å². The summed E-state index contributed by atoms with van der Waals surface area (Å²) in [4.78, 5) is 14.4. The zero-order valence-electron chi connectivity index (χ0n) is 14.4. The van der Waals surface area contributed by atoms with Crippen molar-refractivity contribution in [3.05, 3.63) is 35.9 Å². The predicted molar refractivity (Wildman–Crippen MR) is 93.1 cm³/mol. The average molecular weight is 318 g/mol. The predicted octanol–water partition coefficient (Wildman–Crippen LogP) is 2.66. The van der Waals surface area contributed by atoms with E-state index in [1.807, 2.05) is 42.2 Å². The molecule has 0 bridgehead atoms. The summed E-state index contributed by atoms with van der Waals surface area (Å²) in [7, 11) is 0. The number of carbonyl (C=O) groups excluding carboxylic acids is 1. The minimum absolute atomic E-state index is 0.0564. The Morgan fingerprint density at radius 3 is 2.43 bits per heavy atom. The quantitative estimate of drug-likeness (QED) is 0.848. The Bertz CT molecular complexity index is 479. The molecule has 4 heteroatoms. The molecule has 23 heavy (non-hydrogen) atoms. The van der Waals surface area contributed by atoms with Crippen molar-refractivity contribution in [3.8, 4) is 0 Å². The minimum atomic E-state index is -0.929. The van der Waals surface area contributed by atoms with Gasteiger partial charge in [0.05, 0.1) is 5.60 Å². The van der Waals surface area contributed by atoms with E-state index < -0.39 is 5.60 Å². The molecule has 1 aliphatic heterocycles. The second kappa shape index (κ2) is 8.46. The summed E-state index contributed by atoms with van der Waals surface area (Å²) in [6, 6.07) is 9.70. The molecule has 128 valence electrons. The number of carbonyl (C=O) groups is 1. The Morgan fingerprint density at radius 2 is 1.83 bits per heavy atom. The van der Waals surface area contributed by atoms with Crippen LogP contribution in [0.1, 0.15) is 51.5 Å². The summed E-state index contributed by atoms with van der Waals surface area (Å²) < 4.78 is 0. The van der Waals surface area contributed by atoms with Crippen LogP contribution >= 0.6 is 0 Å². The van der Waals surface area contributed by atoms with Crippen LogP contribution in [0.3, 0.4) is 0 Å². The van der Waals surface area contributed by atoms with Gasteiger partial charge in [0.25, 0.3) is 0 Å². The monoisotopic (exact) mass is 318 g/mol. The maximum absolute atomic E-state index is 12.4. The molecule has 1 aliphatic rings. The summed E-state index contributed by atoms with van der Waals surface area (Å²) in [6.07, 6.45) is 5.20. The van der Waals surface area contributed by atoms with E-state index in [4.69, 9.17) is 0 Å². The van der Waals surface area contributed by atoms with Crippen molar-refractivity contribution in [3.63, 3.8) is 0 Å². The second-order valence-electron chi connectivity index (χ2n) is 6.92. The summed E-state index contributed by atoms with van der Waals surface area (Å²) in [5.74, 6) is 0.228. The Morgan fingerprint density at radius 1 is 1.22 bits per heavy atom. The standard InChI is InChI=1S/C19H30N2O2/c1-16(14-18(22)21-12-8-3-4-9-13-21)20-15-19(2,23)17-10-6-5-7-11-17/h5-7,10-11,16,20,23H,3-4,8-9,12-15H2,1-2H3/t16-,19+/m0/s1. The Balaban J connectivity index is 1.80. The smallest absolute Gasteiger partial charge is 0.224 e. The van der Waals surface area contributed by atoms with Crippen LogP contribution in [0, 0.1) is 0 Å². The first-order chi connectivity index (χ1) is 11.0. The molecule has 0 saturated carbocycles. The fourth-order valence-electron chi connectivity index (χ4n) is 3.06. The van der Waals surface area contributed by atoms with Gasteiger partial charge < -0.3 is 15.3 Å². The largest absolute Gasteiger partial charge is 0.384 e. The number of rotatable bonds is 6. The van der Waals surface area contributed by atoms with Crippen LogP contribution < -0.4 is 5.32 Å². The van der Waals surface area contributed by atoms with E-state index in [2.05, 4.69) is 5.32 Å². The first-order valence-corrected chi connectivity index (χ1v) is 8.78. The molecule has 1 heterocycles. The van der Waals surface area contributed by atoms with Gasteiger partial charge in [-0.25, -0.2) is 0 Å². The van der Waals surface area contributed by atoms with E-state index in [0.717, 1.165) is 31.5 Å². The third-order valence-corrected chi connectivity index (χ3v) is 4.63. The summed E-state index contributed by atoms with van der Waals surface area (Å²) >= 11 is 0. The summed E-state index contributed by atoms with van der Waals surface area (Å²) in [6.45, 7) is 6.04. The molecular formula is C19H30N2O2. The summed E-state index contributed by atoms with van der Waals surface area (Å²) in [5, 5.41) is 13.9. The Labute approximate surface area is 139 Å². The Kier molecular flexibility index (Phi) is 6.60. The number of likely N-dealkylation sites (tertiary alicyclic amines) is 1. The lowest BCUT2D eigenvalue weighted by atomic mass is 9.95. The SMILES string of the molecule is C[C@@H](CC(=O)N1CCCCCC1)NC[C@@](C)(O)c1ccccc1. The zero-order chi connectivity index (χ0) is 16.7. The highest BCUT2D eigenvalue weighted by Crippen LogP contribution is 2.19. The first kappa shape index (κ1) is 18.0. The van der Waals surface area contributed by atoms with Crippen molar-refractivity contribution in [1.82, 2.24) is 10.2 Å². The average Bonchev–Trinajstić information content (AvgIpc) is 2.83. The number of hydrogen-bond acceptors (Lipinski definition) is 3. The normalized spacial score (nSPS) is 19.7. The molecule has 1 aromatic carbocycles. The molecule has 0 radical (unpaired) electrons. The van der Waals surface area contributed by atoms with Gasteiger partial charge in [-0.2, -0.15) is 0 Å². The molecule has 1 aromatic rings. The Hall–Kier alpha value is -1.39. The van der Waals surface area contributed by atoms with Crippen molar-refractivity contribution in [2.24, 2.45) is 0 Å². The van der Waals surface area contributed by atoms with Crippen molar-refractivity contribution < 1.29 is 9.90 Å². The second-order valence-corrected chi connectivity index (χ2v) is 6.92. The maximum atomic E-state index is 12.4. The van der Waals surface area contributed by atoms with Gasteiger partial charge in [-0.1, -0.05) is 43.2 Å². The molecule has 2 atom stereocenters. The lowest BCUT2D eigenvalue weighted by Crippen LogP contribution is -2.42. The van der Waals surface area contributed by atoms with Crippen molar-refractivity contribution >= 4 is 5.91 Å². The van der Waals surface area contributed by atoms with E-state index in [1.165, 1.54) is 12.8 Å². The molecule has 0 spiro atoms. The van der Waals surface area contributed by atoms with Gasteiger partial charge in [0.2, 0.25) is 5.91 Å². The third kappa shape index (κ3) is 5.63. The molecule has 4 nitrogen and oxygen atoms in total. The molecule has 1 fully saturated rings. The fourth-order valence-corrected chi connectivity index (χ4v) is 3.06. The fraction of sp³-hybridized carbons (Fsp3) is 0.632. The third-order valence-electron chi connectivity index (χ3n) is 4.63. The maximum Gasteiger partial charge on any atom is 0.224 e. The topological polar surface area (TPSA) is 52.6 Å². The van der Waals surface area contributed by atoms with Crippen LogP contribution in [0.5, 0.6) is 0 Å². The first-order valence-electron chi connectivity index (χ1n) is 8.78. The van der Waals surface area contributed by atoms with Crippen LogP contribution in [0.25, 0.3) is 0 Å². The number of benzene rings is 1. The number of nitrogens with one attached hydrogen (secondary N) is 1. The number of amides is 1. The molecule has 0 unspecified atom stereocenters. The van der Waals surface area contributed by atoms with Gasteiger partial charge in [0.1, 0.15) is 0 Å². The highest BCUT2D eigenvalue weighted by molar-refractivity contribution is 5.76. The van der Waals surface area contributed by atoms with Gasteiger partial charge in [0.15, 0.2) is 0 Å². The van der Waals surface area contributed by atoms with Gasteiger partial charge in [0, 0.05) is 32.1 Å². The lowest BCUT2D eigenvalue weighted by molar-refractivity contribution is -0.131. The molecule has 2 rings (SSSR count). The zero-order valence-corrected chi connectivity index (χ0v) is 14.4. The molecule has 1 amide bonds. The molecule has 0 aliphatic carbocycles. The summed E-state index contributed by atoms with van der Waals surface area (Å²) in [5.41, 5.74) is -0.0419. The van der Waals surface area contributed by atoms with E-state index in [-0.39, 0.29) is 11.9 Å². The van der Waals surface area contributed by atoms with Crippen LogP contribution in [-0.2, 0) is 10.4 Å².